The molecule has 0 aromatic heterocycles. The Bertz CT molecular complexity index is 253. The molecular formula is C11H17N. The molecule has 0 saturated heterocycles. The predicted molar refractivity (Wildman–Crippen MR) is 53.3 cm³/mol. The van der Waals surface area contributed by atoms with Gasteiger partial charge in [-0.05, 0) is 37.1 Å². The van der Waals surface area contributed by atoms with Crippen LogP contribution < -0.4 is 5.32 Å². The summed E-state index contributed by atoms with van der Waals surface area (Å²) in [6.07, 6.45) is 1.13. The van der Waals surface area contributed by atoms with Crippen LogP contribution >= 0.6 is 0 Å². The fourth-order valence-electron chi connectivity index (χ4n) is 1.47. The Morgan fingerprint density at radius 2 is 2.08 bits per heavy atom. The lowest BCUT2D eigenvalue weighted by Gasteiger charge is -2.05. The third kappa shape index (κ3) is 2.08. The average Bonchev–Trinajstić information content (AvgIpc) is 2.05. The molecule has 1 heteroatoms. The van der Waals surface area contributed by atoms with Crippen molar-refractivity contribution in [1.29, 1.82) is 0 Å². The molecule has 0 fully saturated rings. The van der Waals surface area contributed by atoms with E-state index in [1.807, 2.05) is 7.05 Å². The SMILES string of the molecule is CCc1ccc(CNC)cc1C. The van der Waals surface area contributed by atoms with E-state index in [0.717, 1.165) is 13.0 Å². The lowest BCUT2D eigenvalue weighted by molar-refractivity contribution is 0.816. The van der Waals surface area contributed by atoms with Crippen molar-refractivity contribution in [3.63, 3.8) is 0 Å². The van der Waals surface area contributed by atoms with E-state index < -0.39 is 0 Å². The largest absolute Gasteiger partial charge is 0.316 e. The maximum Gasteiger partial charge on any atom is 0.0202 e. The number of hydrogen-bond acceptors (Lipinski definition) is 1. The third-order valence-corrected chi connectivity index (χ3v) is 2.17. The Morgan fingerprint density at radius 1 is 1.33 bits per heavy atom. The van der Waals surface area contributed by atoms with Crippen molar-refractivity contribution < 1.29 is 0 Å². The lowest BCUT2D eigenvalue weighted by atomic mass is 10.0. The lowest BCUT2D eigenvalue weighted by Crippen LogP contribution is -2.05. The highest BCUT2D eigenvalue weighted by atomic mass is 14.8. The molecule has 66 valence electrons. The molecule has 1 nitrogen and oxygen atoms in total. The number of benzene rings is 1. The van der Waals surface area contributed by atoms with E-state index in [-0.39, 0.29) is 0 Å². The van der Waals surface area contributed by atoms with Crippen LogP contribution in [0.15, 0.2) is 18.2 Å². The van der Waals surface area contributed by atoms with Gasteiger partial charge in [0.1, 0.15) is 0 Å². The number of nitrogens with one attached hydrogen (secondary N) is 1. The quantitative estimate of drug-likeness (QED) is 0.721. The molecule has 1 aromatic rings. The van der Waals surface area contributed by atoms with Gasteiger partial charge in [0.05, 0.1) is 0 Å². The molecule has 0 aliphatic rings. The highest BCUT2D eigenvalue weighted by Crippen LogP contribution is 2.11. The summed E-state index contributed by atoms with van der Waals surface area (Å²) in [4.78, 5) is 0. The average molecular weight is 163 g/mol. The standard InChI is InChI=1S/C11H17N/c1-4-11-6-5-10(8-12-3)7-9(11)2/h5-7,12H,4,8H2,1-3H3. The molecule has 0 saturated carbocycles. The van der Waals surface area contributed by atoms with Crippen molar-refractivity contribution in [1.82, 2.24) is 5.32 Å². The zero-order valence-corrected chi connectivity index (χ0v) is 8.15. The first kappa shape index (κ1) is 9.27. The summed E-state index contributed by atoms with van der Waals surface area (Å²) >= 11 is 0. The molecule has 0 aliphatic carbocycles. The first-order chi connectivity index (χ1) is 5.77. The van der Waals surface area contributed by atoms with Gasteiger partial charge in [-0.15, -0.1) is 0 Å². The summed E-state index contributed by atoms with van der Waals surface area (Å²) in [5, 5.41) is 3.15. The summed E-state index contributed by atoms with van der Waals surface area (Å²) in [5.41, 5.74) is 4.23. The van der Waals surface area contributed by atoms with Crippen LogP contribution in [0.25, 0.3) is 0 Å². The first-order valence-corrected chi connectivity index (χ1v) is 4.51. The fraction of sp³-hybridized carbons (Fsp3) is 0.455. The van der Waals surface area contributed by atoms with Gasteiger partial charge in [-0.25, -0.2) is 0 Å². The number of rotatable bonds is 3. The van der Waals surface area contributed by atoms with E-state index in [1.54, 1.807) is 0 Å². The smallest absolute Gasteiger partial charge is 0.0202 e. The summed E-state index contributed by atoms with van der Waals surface area (Å²) in [7, 11) is 1.98. The highest BCUT2D eigenvalue weighted by molar-refractivity contribution is 5.30. The Balaban J connectivity index is 2.86. The molecule has 1 rings (SSSR count). The second-order valence-corrected chi connectivity index (χ2v) is 3.14. The maximum atomic E-state index is 3.15. The van der Waals surface area contributed by atoms with Crippen LogP contribution in [0, 0.1) is 6.92 Å². The molecule has 0 amide bonds. The Morgan fingerprint density at radius 3 is 2.58 bits per heavy atom. The van der Waals surface area contributed by atoms with Crippen molar-refractivity contribution in [2.45, 2.75) is 26.8 Å². The highest BCUT2D eigenvalue weighted by Gasteiger charge is 1.96. The summed E-state index contributed by atoms with van der Waals surface area (Å²) in [6.45, 7) is 5.34. The van der Waals surface area contributed by atoms with Crippen molar-refractivity contribution >= 4 is 0 Å². The first-order valence-electron chi connectivity index (χ1n) is 4.51. The fourth-order valence-corrected chi connectivity index (χ4v) is 1.47. The van der Waals surface area contributed by atoms with Crippen LogP contribution in [-0.4, -0.2) is 7.05 Å². The van der Waals surface area contributed by atoms with Gasteiger partial charge in [-0.3, -0.25) is 0 Å². The summed E-state index contributed by atoms with van der Waals surface area (Å²) in [5.74, 6) is 0. The van der Waals surface area contributed by atoms with Crippen LogP contribution in [0.4, 0.5) is 0 Å². The summed E-state index contributed by atoms with van der Waals surface area (Å²) < 4.78 is 0. The van der Waals surface area contributed by atoms with Gasteiger partial charge < -0.3 is 5.32 Å². The van der Waals surface area contributed by atoms with Crippen LogP contribution in [0.1, 0.15) is 23.6 Å². The molecule has 1 N–H and O–H groups in total. The zero-order chi connectivity index (χ0) is 8.97. The number of aryl methyl sites for hydroxylation is 2. The van der Waals surface area contributed by atoms with Crippen LogP contribution in [0.2, 0.25) is 0 Å². The molecule has 0 heterocycles. The van der Waals surface area contributed by atoms with Gasteiger partial charge in [0.2, 0.25) is 0 Å². The minimum absolute atomic E-state index is 0.963. The monoisotopic (exact) mass is 163 g/mol. The molecule has 0 aliphatic heterocycles. The Labute approximate surface area is 74.8 Å². The minimum atomic E-state index is 0.963. The Hall–Kier alpha value is -0.820. The second kappa shape index (κ2) is 4.27. The molecule has 0 unspecified atom stereocenters. The summed E-state index contributed by atoms with van der Waals surface area (Å²) in [6, 6.07) is 6.68. The van der Waals surface area contributed by atoms with Crippen molar-refractivity contribution in [2.75, 3.05) is 7.05 Å². The van der Waals surface area contributed by atoms with Crippen molar-refractivity contribution in [3.8, 4) is 0 Å². The van der Waals surface area contributed by atoms with Gasteiger partial charge in [0.25, 0.3) is 0 Å². The van der Waals surface area contributed by atoms with Gasteiger partial charge in [-0.2, -0.15) is 0 Å². The van der Waals surface area contributed by atoms with E-state index in [9.17, 15) is 0 Å². The van der Waals surface area contributed by atoms with E-state index in [1.165, 1.54) is 16.7 Å². The van der Waals surface area contributed by atoms with E-state index in [0.29, 0.717) is 0 Å². The molecule has 0 atom stereocenters. The van der Waals surface area contributed by atoms with E-state index in [2.05, 4.69) is 37.4 Å². The van der Waals surface area contributed by atoms with Crippen molar-refractivity contribution in [2.24, 2.45) is 0 Å². The number of hydrogen-bond donors (Lipinski definition) is 1. The van der Waals surface area contributed by atoms with Crippen LogP contribution in [-0.2, 0) is 13.0 Å². The zero-order valence-electron chi connectivity index (χ0n) is 8.15. The predicted octanol–water partition coefficient (Wildman–Crippen LogP) is 2.28. The van der Waals surface area contributed by atoms with Crippen molar-refractivity contribution in [3.05, 3.63) is 34.9 Å². The van der Waals surface area contributed by atoms with Crippen LogP contribution in [0.5, 0.6) is 0 Å². The molecule has 0 spiro atoms. The molecule has 12 heavy (non-hydrogen) atoms. The third-order valence-electron chi connectivity index (χ3n) is 2.17. The van der Waals surface area contributed by atoms with E-state index in [4.69, 9.17) is 0 Å². The van der Waals surface area contributed by atoms with Gasteiger partial charge in [0, 0.05) is 6.54 Å². The Kier molecular flexibility index (Phi) is 3.30. The molecular weight excluding hydrogens is 146 g/mol. The van der Waals surface area contributed by atoms with Gasteiger partial charge >= 0.3 is 0 Å². The normalized spacial score (nSPS) is 10.2. The maximum absolute atomic E-state index is 3.15. The van der Waals surface area contributed by atoms with Gasteiger partial charge in [0.15, 0.2) is 0 Å². The molecule has 0 bridgehead atoms. The minimum Gasteiger partial charge on any atom is -0.316 e. The topological polar surface area (TPSA) is 12.0 Å². The van der Waals surface area contributed by atoms with Crippen LogP contribution in [0.3, 0.4) is 0 Å². The molecule has 1 aromatic carbocycles. The second-order valence-electron chi connectivity index (χ2n) is 3.14. The van der Waals surface area contributed by atoms with Gasteiger partial charge in [-0.1, -0.05) is 25.1 Å². The van der Waals surface area contributed by atoms with E-state index >= 15 is 0 Å². The molecule has 0 radical (unpaired) electrons.